The molecule has 19 heavy (non-hydrogen) atoms. The van der Waals surface area contributed by atoms with Crippen LogP contribution in [0.4, 0.5) is 0 Å². The molecule has 2 rings (SSSR count). The average Bonchev–Trinajstić information content (AvgIpc) is 2.45. The molecule has 0 spiro atoms. The number of hydrogen-bond donors (Lipinski definition) is 0. The number of amides is 1. The summed E-state index contributed by atoms with van der Waals surface area (Å²) in [6, 6.07) is 8.86. The predicted octanol–water partition coefficient (Wildman–Crippen LogP) is 2.79. The zero-order chi connectivity index (χ0) is 13.7. The first-order valence-electron chi connectivity index (χ1n) is 6.01. The van der Waals surface area contributed by atoms with Crippen LogP contribution in [0.15, 0.2) is 42.7 Å². The van der Waals surface area contributed by atoms with E-state index < -0.39 is 0 Å². The van der Waals surface area contributed by atoms with Crippen molar-refractivity contribution in [3.63, 3.8) is 0 Å². The van der Waals surface area contributed by atoms with E-state index in [-0.39, 0.29) is 5.91 Å². The zero-order valence-electron chi connectivity index (χ0n) is 10.6. The number of pyridine rings is 2. The molecule has 0 aliphatic rings. The SMILES string of the molecule is CCN(Cc1ccccn1)C(=O)c1cc(Cl)ccn1. The summed E-state index contributed by atoms with van der Waals surface area (Å²) in [4.78, 5) is 22.3. The van der Waals surface area contributed by atoms with Crippen LogP contribution in [-0.4, -0.2) is 27.3 Å². The largest absolute Gasteiger partial charge is 0.332 e. The van der Waals surface area contributed by atoms with Crippen LogP contribution in [0, 0.1) is 0 Å². The van der Waals surface area contributed by atoms with Crippen molar-refractivity contribution in [1.29, 1.82) is 0 Å². The molecule has 0 aliphatic carbocycles. The summed E-state index contributed by atoms with van der Waals surface area (Å²) in [7, 11) is 0. The molecule has 2 aromatic heterocycles. The van der Waals surface area contributed by atoms with Crippen molar-refractivity contribution in [2.45, 2.75) is 13.5 Å². The van der Waals surface area contributed by atoms with Crippen LogP contribution in [0.3, 0.4) is 0 Å². The lowest BCUT2D eigenvalue weighted by Crippen LogP contribution is -2.31. The van der Waals surface area contributed by atoms with Gasteiger partial charge in [0.1, 0.15) is 5.69 Å². The molecule has 0 unspecified atom stereocenters. The zero-order valence-corrected chi connectivity index (χ0v) is 11.3. The van der Waals surface area contributed by atoms with Gasteiger partial charge in [-0.1, -0.05) is 17.7 Å². The van der Waals surface area contributed by atoms with Gasteiger partial charge in [0.05, 0.1) is 12.2 Å². The normalized spacial score (nSPS) is 10.2. The minimum Gasteiger partial charge on any atom is -0.332 e. The van der Waals surface area contributed by atoms with Crippen LogP contribution in [0.2, 0.25) is 5.02 Å². The summed E-state index contributed by atoms with van der Waals surface area (Å²) in [5.41, 5.74) is 1.20. The maximum Gasteiger partial charge on any atom is 0.272 e. The van der Waals surface area contributed by atoms with E-state index in [0.29, 0.717) is 23.8 Å². The van der Waals surface area contributed by atoms with Gasteiger partial charge in [-0.05, 0) is 31.2 Å². The molecule has 0 radical (unpaired) electrons. The first kappa shape index (κ1) is 13.5. The van der Waals surface area contributed by atoms with Gasteiger partial charge in [0.25, 0.3) is 5.91 Å². The Morgan fingerprint density at radius 1 is 1.26 bits per heavy atom. The van der Waals surface area contributed by atoms with E-state index in [1.54, 1.807) is 23.2 Å². The number of rotatable bonds is 4. The molecule has 0 saturated heterocycles. The first-order valence-corrected chi connectivity index (χ1v) is 6.39. The number of aromatic nitrogens is 2. The van der Waals surface area contributed by atoms with Gasteiger partial charge in [-0.15, -0.1) is 0 Å². The van der Waals surface area contributed by atoms with Crippen molar-refractivity contribution in [3.05, 3.63) is 59.1 Å². The topological polar surface area (TPSA) is 46.1 Å². The van der Waals surface area contributed by atoms with Crippen molar-refractivity contribution < 1.29 is 4.79 Å². The standard InChI is InChI=1S/C14H14ClN3O/c1-2-18(10-12-5-3-4-7-16-12)14(19)13-9-11(15)6-8-17-13/h3-9H,2,10H2,1H3. The summed E-state index contributed by atoms with van der Waals surface area (Å²) in [5, 5.41) is 0.507. The fourth-order valence-corrected chi connectivity index (χ4v) is 1.86. The fraction of sp³-hybridized carbons (Fsp3) is 0.214. The van der Waals surface area contributed by atoms with Gasteiger partial charge in [-0.3, -0.25) is 14.8 Å². The lowest BCUT2D eigenvalue weighted by Gasteiger charge is -2.20. The molecule has 0 N–H and O–H groups in total. The molecule has 4 nitrogen and oxygen atoms in total. The van der Waals surface area contributed by atoms with Crippen LogP contribution in [0.25, 0.3) is 0 Å². The number of hydrogen-bond acceptors (Lipinski definition) is 3. The van der Waals surface area contributed by atoms with Gasteiger partial charge < -0.3 is 4.90 Å². The Kier molecular flexibility index (Phi) is 4.47. The molecule has 2 aromatic rings. The average molecular weight is 276 g/mol. The molecule has 0 bridgehead atoms. The summed E-state index contributed by atoms with van der Waals surface area (Å²) < 4.78 is 0. The molecule has 0 aliphatic heterocycles. The van der Waals surface area contributed by atoms with Crippen molar-refractivity contribution in [1.82, 2.24) is 14.9 Å². The molecular formula is C14H14ClN3O. The Morgan fingerprint density at radius 2 is 2.11 bits per heavy atom. The van der Waals surface area contributed by atoms with Gasteiger partial charge in [0.2, 0.25) is 0 Å². The lowest BCUT2D eigenvalue weighted by atomic mass is 10.2. The van der Waals surface area contributed by atoms with E-state index >= 15 is 0 Å². The Bertz CT molecular complexity index is 560. The number of halogens is 1. The molecule has 1 amide bonds. The summed E-state index contributed by atoms with van der Waals surface area (Å²) in [5.74, 6) is -0.143. The fourth-order valence-electron chi connectivity index (χ4n) is 1.70. The van der Waals surface area contributed by atoms with Gasteiger partial charge in [0, 0.05) is 24.0 Å². The third-order valence-electron chi connectivity index (χ3n) is 2.69. The third kappa shape index (κ3) is 3.51. The van der Waals surface area contributed by atoms with Crippen molar-refractivity contribution in [2.75, 3.05) is 6.54 Å². The summed E-state index contributed by atoms with van der Waals surface area (Å²) in [6.45, 7) is 2.97. The smallest absolute Gasteiger partial charge is 0.272 e. The molecule has 98 valence electrons. The molecule has 0 atom stereocenters. The summed E-state index contributed by atoms with van der Waals surface area (Å²) >= 11 is 5.87. The molecule has 5 heteroatoms. The number of carbonyl (C=O) groups is 1. The number of carbonyl (C=O) groups excluding carboxylic acids is 1. The Hall–Kier alpha value is -1.94. The van der Waals surface area contributed by atoms with Crippen molar-refractivity contribution in [2.24, 2.45) is 0 Å². The molecule has 0 fully saturated rings. The highest BCUT2D eigenvalue weighted by molar-refractivity contribution is 6.30. The maximum atomic E-state index is 12.3. The van der Waals surface area contributed by atoms with Crippen LogP contribution < -0.4 is 0 Å². The van der Waals surface area contributed by atoms with Gasteiger partial charge in [-0.2, -0.15) is 0 Å². The van der Waals surface area contributed by atoms with E-state index in [0.717, 1.165) is 5.69 Å². The molecule has 0 aromatic carbocycles. The number of nitrogens with zero attached hydrogens (tertiary/aromatic N) is 3. The van der Waals surface area contributed by atoms with Crippen LogP contribution in [0.5, 0.6) is 0 Å². The Balaban J connectivity index is 2.16. The molecule has 0 saturated carbocycles. The van der Waals surface area contributed by atoms with E-state index in [1.165, 1.54) is 6.20 Å². The second-order valence-electron chi connectivity index (χ2n) is 4.00. The second kappa shape index (κ2) is 6.29. The molecule has 2 heterocycles. The monoisotopic (exact) mass is 275 g/mol. The van der Waals surface area contributed by atoms with Crippen molar-refractivity contribution >= 4 is 17.5 Å². The lowest BCUT2D eigenvalue weighted by molar-refractivity contribution is 0.0744. The quantitative estimate of drug-likeness (QED) is 0.862. The second-order valence-corrected chi connectivity index (χ2v) is 4.44. The van der Waals surface area contributed by atoms with E-state index in [2.05, 4.69) is 9.97 Å². The van der Waals surface area contributed by atoms with Crippen LogP contribution >= 0.6 is 11.6 Å². The van der Waals surface area contributed by atoms with Crippen LogP contribution in [0.1, 0.15) is 23.1 Å². The summed E-state index contributed by atoms with van der Waals surface area (Å²) in [6.07, 6.45) is 3.25. The Labute approximate surface area is 117 Å². The van der Waals surface area contributed by atoms with Crippen LogP contribution in [-0.2, 0) is 6.54 Å². The van der Waals surface area contributed by atoms with Gasteiger partial charge in [0.15, 0.2) is 0 Å². The minimum absolute atomic E-state index is 0.143. The van der Waals surface area contributed by atoms with E-state index in [4.69, 9.17) is 11.6 Å². The third-order valence-corrected chi connectivity index (χ3v) is 2.92. The minimum atomic E-state index is -0.143. The van der Waals surface area contributed by atoms with Gasteiger partial charge in [-0.25, -0.2) is 0 Å². The van der Waals surface area contributed by atoms with Crippen molar-refractivity contribution in [3.8, 4) is 0 Å². The first-order chi connectivity index (χ1) is 9.20. The van der Waals surface area contributed by atoms with E-state index in [9.17, 15) is 4.79 Å². The van der Waals surface area contributed by atoms with Gasteiger partial charge >= 0.3 is 0 Å². The van der Waals surface area contributed by atoms with E-state index in [1.807, 2.05) is 25.1 Å². The predicted molar refractivity (Wildman–Crippen MR) is 73.9 cm³/mol. The molecular weight excluding hydrogens is 262 g/mol. The maximum absolute atomic E-state index is 12.3. The highest BCUT2D eigenvalue weighted by Gasteiger charge is 2.16. The highest BCUT2D eigenvalue weighted by Crippen LogP contribution is 2.11. The Morgan fingerprint density at radius 3 is 2.74 bits per heavy atom. The highest BCUT2D eigenvalue weighted by atomic mass is 35.5.